The van der Waals surface area contributed by atoms with Crippen LogP contribution in [0.15, 0.2) is 30.5 Å². The number of ether oxygens (including phenoxy) is 1. The van der Waals surface area contributed by atoms with E-state index in [1.54, 1.807) is 13.3 Å². The van der Waals surface area contributed by atoms with Gasteiger partial charge in [-0.3, -0.25) is 0 Å². The molecule has 1 heterocycles. The highest BCUT2D eigenvalue weighted by Gasteiger charge is 2.07. The van der Waals surface area contributed by atoms with Gasteiger partial charge in [-0.2, -0.15) is 5.10 Å². The topological polar surface area (TPSA) is 53.1 Å². The Morgan fingerprint density at radius 3 is 2.56 bits per heavy atom. The molecule has 1 aromatic heterocycles. The molecular weight excluding hydrogens is 202 g/mol. The Kier molecular flexibility index (Phi) is 2.81. The maximum Gasteiger partial charge on any atom is 0.119 e. The van der Waals surface area contributed by atoms with Gasteiger partial charge < -0.3 is 10.5 Å². The third-order valence-corrected chi connectivity index (χ3v) is 2.55. The van der Waals surface area contributed by atoms with Crippen molar-refractivity contribution in [3.63, 3.8) is 0 Å². The number of nitrogens with zero attached hydrogens (tertiary/aromatic N) is 2. The van der Waals surface area contributed by atoms with E-state index in [-0.39, 0.29) is 0 Å². The van der Waals surface area contributed by atoms with E-state index < -0.39 is 0 Å². The number of benzene rings is 1. The average molecular weight is 217 g/mol. The van der Waals surface area contributed by atoms with Gasteiger partial charge in [-0.1, -0.05) is 6.92 Å². The number of hydrogen-bond acceptors (Lipinski definition) is 3. The fourth-order valence-electron chi connectivity index (χ4n) is 1.69. The van der Waals surface area contributed by atoms with E-state index in [1.165, 1.54) is 0 Å². The van der Waals surface area contributed by atoms with Gasteiger partial charge >= 0.3 is 0 Å². The van der Waals surface area contributed by atoms with Crippen molar-refractivity contribution in [3.05, 3.63) is 36.2 Å². The third-order valence-electron chi connectivity index (χ3n) is 2.55. The number of rotatable bonds is 3. The highest BCUT2D eigenvalue weighted by molar-refractivity contribution is 5.47. The monoisotopic (exact) mass is 217 g/mol. The minimum Gasteiger partial charge on any atom is -0.497 e. The van der Waals surface area contributed by atoms with Gasteiger partial charge in [-0.25, -0.2) is 4.68 Å². The van der Waals surface area contributed by atoms with Crippen molar-refractivity contribution in [1.29, 1.82) is 0 Å². The van der Waals surface area contributed by atoms with Crippen molar-refractivity contribution in [1.82, 2.24) is 9.78 Å². The first-order valence-electron chi connectivity index (χ1n) is 5.23. The zero-order valence-corrected chi connectivity index (χ0v) is 9.47. The third kappa shape index (κ3) is 1.74. The van der Waals surface area contributed by atoms with Crippen LogP contribution in [0.25, 0.3) is 5.69 Å². The van der Waals surface area contributed by atoms with Gasteiger partial charge in [0, 0.05) is 0 Å². The lowest BCUT2D eigenvalue weighted by molar-refractivity contribution is 0.414. The van der Waals surface area contributed by atoms with Crippen LogP contribution in [0.2, 0.25) is 0 Å². The normalized spacial score (nSPS) is 10.4. The molecule has 0 atom stereocenters. The Morgan fingerprint density at radius 2 is 2.00 bits per heavy atom. The van der Waals surface area contributed by atoms with Crippen LogP contribution in [0.5, 0.6) is 5.75 Å². The molecule has 0 aliphatic rings. The first kappa shape index (κ1) is 10.5. The Hall–Kier alpha value is -1.97. The van der Waals surface area contributed by atoms with Crippen LogP contribution in [0, 0.1) is 0 Å². The molecule has 4 heteroatoms. The fraction of sp³-hybridized carbons (Fsp3) is 0.250. The van der Waals surface area contributed by atoms with Crippen LogP contribution in [0.3, 0.4) is 0 Å². The standard InChI is InChI=1S/C12H15N3O/c1-3-12-11(13)8-14-15(12)9-4-6-10(16-2)7-5-9/h4-8H,3,13H2,1-2H3. The summed E-state index contributed by atoms with van der Waals surface area (Å²) in [5.41, 5.74) is 8.60. The smallest absolute Gasteiger partial charge is 0.119 e. The number of nitrogens with two attached hydrogens (primary N) is 1. The highest BCUT2D eigenvalue weighted by atomic mass is 16.5. The van der Waals surface area contributed by atoms with Gasteiger partial charge in [0.05, 0.1) is 30.4 Å². The summed E-state index contributed by atoms with van der Waals surface area (Å²) in [6, 6.07) is 7.74. The van der Waals surface area contributed by atoms with Crippen LogP contribution in [0.1, 0.15) is 12.6 Å². The largest absolute Gasteiger partial charge is 0.497 e. The molecule has 2 rings (SSSR count). The summed E-state index contributed by atoms with van der Waals surface area (Å²) in [6.07, 6.45) is 2.54. The van der Waals surface area contributed by atoms with Gasteiger partial charge in [0.25, 0.3) is 0 Å². The molecule has 84 valence electrons. The van der Waals surface area contributed by atoms with Gasteiger partial charge in [-0.05, 0) is 30.7 Å². The van der Waals surface area contributed by atoms with Crippen LogP contribution in [-0.2, 0) is 6.42 Å². The number of anilines is 1. The molecule has 0 saturated heterocycles. The van der Waals surface area contributed by atoms with E-state index in [0.29, 0.717) is 0 Å². The predicted octanol–water partition coefficient (Wildman–Crippen LogP) is 2.03. The summed E-state index contributed by atoms with van der Waals surface area (Å²) < 4.78 is 6.97. The van der Waals surface area contributed by atoms with Crippen LogP contribution in [0.4, 0.5) is 5.69 Å². The van der Waals surface area contributed by atoms with Crippen molar-refractivity contribution in [2.45, 2.75) is 13.3 Å². The second-order valence-electron chi connectivity index (χ2n) is 3.51. The van der Waals surface area contributed by atoms with E-state index in [9.17, 15) is 0 Å². The number of nitrogen functional groups attached to an aromatic ring is 1. The van der Waals surface area contributed by atoms with Crippen molar-refractivity contribution < 1.29 is 4.74 Å². The quantitative estimate of drug-likeness (QED) is 0.855. The minimum atomic E-state index is 0.735. The molecule has 1 aromatic carbocycles. The zero-order chi connectivity index (χ0) is 11.5. The lowest BCUT2D eigenvalue weighted by Crippen LogP contribution is -2.02. The van der Waals surface area contributed by atoms with Gasteiger partial charge in [0.15, 0.2) is 0 Å². The summed E-state index contributed by atoms with van der Waals surface area (Å²) in [4.78, 5) is 0. The summed E-state index contributed by atoms with van der Waals surface area (Å²) in [6.45, 7) is 2.06. The first-order valence-corrected chi connectivity index (χ1v) is 5.23. The van der Waals surface area contributed by atoms with Crippen LogP contribution >= 0.6 is 0 Å². The van der Waals surface area contributed by atoms with Crippen molar-refractivity contribution in [2.75, 3.05) is 12.8 Å². The molecule has 2 N–H and O–H groups in total. The molecule has 0 aliphatic heterocycles. The van der Waals surface area contributed by atoms with E-state index in [0.717, 1.165) is 29.2 Å². The summed E-state index contributed by atoms with van der Waals surface area (Å²) in [5, 5.41) is 4.26. The number of aromatic nitrogens is 2. The summed E-state index contributed by atoms with van der Waals surface area (Å²) >= 11 is 0. The maximum atomic E-state index is 5.84. The second-order valence-corrected chi connectivity index (χ2v) is 3.51. The van der Waals surface area contributed by atoms with Crippen molar-refractivity contribution in [2.24, 2.45) is 0 Å². The molecule has 0 unspecified atom stereocenters. The summed E-state index contributed by atoms with van der Waals surface area (Å²) in [5.74, 6) is 0.835. The molecule has 0 radical (unpaired) electrons. The first-order chi connectivity index (χ1) is 7.76. The predicted molar refractivity (Wildman–Crippen MR) is 63.9 cm³/mol. The highest BCUT2D eigenvalue weighted by Crippen LogP contribution is 2.19. The molecule has 2 aromatic rings. The zero-order valence-electron chi connectivity index (χ0n) is 9.47. The summed E-state index contributed by atoms with van der Waals surface area (Å²) in [7, 11) is 1.65. The molecule has 0 bridgehead atoms. The molecule has 0 saturated carbocycles. The SMILES string of the molecule is CCc1c(N)cnn1-c1ccc(OC)cc1. The minimum absolute atomic E-state index is 0.735. The van der Waals surface area contributed by atoms with Crippen LogP contribution < -0.4 is 10.5 Å². The van der Waals surface area contributed by atoms with Crippen molar-refractivity contribution in [3.8, 4) is 11.4 Å². The molecule has 0 spiro atoms. The number of methoxy groups -OCH3 is 1. The molecule has 16 heavy (non-hydrogen) atoms. The Bertz CT molecular complexity index is 474. The Morgan fingerprint density at radius 1 is 1.31 bits per heavy atom. The van der Waals surface area contributed by atoms with Gasteiger partial charge in [0.2, 0.25) is 0 Å². The fourth-order valence-corrected chi connectivity index (χ4v) is 1.69. The number of hydrogen-bond donors (Lipinski definition) is 1. The van der Waals surface area contributed by atoms with Gasteiger partial charge in [0.1, 0.15) is 5.75 Å². The maximum absolute atomic E-state index is 5.84. The molecule has 0 aliphatic carbocycles. The van der Waals surface area contributed by atoms with Gasteiger partial charge in [-0.15, -0.1) is 0 Å². The van der Waals surface area contributed by atoms with E-state index in [1.807, 2.05) is 28.9 Å². The van der Waals surface area contributed by atoms with E-state index in [2.05, 4.69) is 12.0 Å². The second kappa shape index (κ2) is 4.26. The van der Waals surface area contributed by atoms with Crippen molar-refractivity contribution >= 4 is 5.69 Å². The molecule has 0 amide bonds. The van der Waals surface area contributed by atoms with E-state index >= 15 is 0 Å². The molecular formula is C12H15N3O. The lowest BCUT2D eigenvalue weighted by atomic mass is 10.2. The Balaban J connectivity index is 2.42. The lowest BCUT2D eigenvalue weighted by Gasteiger charge is -2.07. The van der Waals surface area contributed by atoms with E-state index in [4.69, 9.17) is 10.5 Å². The Labute approximate surface area is 94.6 Å². The average Bonchev–Trinajstić information content (AvgIpc) is 2.70. The molecule has 0 fully saturated rings. The van der Waals surface area contributed by atoms with Crippen LogP contribution in [-0.4, -0.2) is 16.9 Å². The molecule has 4 nitrogen and oxygen atoms in total.